The van der Waals surface area contributed by atoms with Crippen molar-refractivity contribution < 1.29 is 14.0 Å². The number of benzene rings is 2. The van der Waals surface area contributed by atoms with E-state index in [9.17, 15) is 9.59 Å². The van der Waals surface area contributed by atoms with Gasteiger partial charge in [-0.15, -0.1) is 0 Å². The maximum absolute atomic E-state index is 13.1. The van der Waals surface area contributed by atoms with E-state index in [2.05, 4.69) is 13.8 Å². The highest BCUT2D eigenvalue weighted by atomic mass is 28.2. The summed E-state index contributed by atoms with van der Waals surface area (Å²) < 4.78 is 6.27. The number of Topliss-reactive ketones (excluding diaryl/α,β-unsaturated/α-hetero) is 1. The zero-order valence-corrected chi connectivity index (χ0v) is 20.4. The molecular formula is C26H36O3Si. The molecule has 0 aliphatic carbocycles. The molecule has 0 heterocycles. The van der Waals surface area contributed by atoms with Crippen LogP contribution in [0, 0.1) is 0 Å². The Morgan fingerprint density at radius 3 is 1.87 bits per heavy atom. The minimum absolute atomic E-state index is 0.0153. The SMILES string of the molecule is CCCCC(CCCC)[SiH2]OC(C)(C)C(=O)c1ccc(C(=O)c2ccccc2)cc1. The van der Waals surface area contributed by atoms with Crippen LogP contribution in [-0.4, -0.2) is 26.9 Å². The average molecular weight is 425 g/mol. The molecule has 162 valence electrons. The molecule has 0 atom stereocenters. The van der Waals surface area contributed by atoms with E-state index < -0.39 is 15.4 Å². The summed E-state index contributed by atoms with van der Waals surface area (Å²) in [6.07, 6.45) is 7.29. The first kappa shape index (κ1) is 24.2. The Labute approximate surface area is 184 Å². The molecule has 0 N–H and O–H groups in total. The van der Waals surface area contributed by atoms with E-state index in [0.717, 1.165) is 0 Å². The lowest BCUT2D eigenvalue weighted by Gasteiger charge is -2.27. The second-order valence-electron chi connectivity index (χ2n) is 8.57. The van der Waals surface area contributed by atoms with Crippen LogP contribution in [0.4, 0.5) is 0 Å². The van der Waals surface area contributed by atoms with Gasteiger partial charge in [-0.05, 0) is 19.4 Å². The molecule has 0 unspecified atom stereocenters. The van der Waals surface area contributed by atoms with Gasteiger partial charge in [0.05, 0.1) is 0 Å². The molecule has 2 aromatic carbocycles. The van der Waals surface area contributed by atoms with Gasteiger partial charge in [0.1, 0.15) is 5.60 Å². The van der Waals surface area contributed by atoms with Crippen LogP contribution < -0.4 is 0 Å². The van der Waals surface area contributed by atoms with Crippen LogP contribution in [-0.2, 0) is 4.43 Å². The summed E-state index contributed by atoms with van der Waals surface area (Å²) in [7, 11) is -0.798. The van der Waals surface area contributed by atoms with Gasteiger partial charge in [0, 0.05) is 16.7 Å². The third-order valence-corrected chi connectivity index (χ3v) is 7.78. The highest BCUT2D eigenvalue weighted by Gasteiger charge is 2.30. The Balaban J connectivity index is 2.02. The summed E-state index contributed by atoms with van der Waals surface area (Å²) in [6.45, 7) is 8.20. The summed E-state index contributed by atoms with van der Waals surface area (Å²) in [5, 5.41) is 0. The Morgan fingerprint density at radius 2 is 1.33 bits per heavy atom. The zero-order valence-electron chi connectivity index (χ0n) is 18.9. The van der Waals surface area contributed by atoms with Crippen molar-refractivity contribution in [3.05, 3.63) is 71.3 Å². The van der Waals surface area contributed by atoms with E-state index in [1.54, 1.807) is 36.4 Å². The normalized spacial score (nSPS) is 12.0. The summed E-state index contributed by atoms with van der Waals surface area (Å²) in [5.74, 6) is -0.0503. The molecule has 0 radical (unpaired) electrons. The molecule has 30 heavy (non-hydrogen) atoms. The topological polar surface area (TPSA) is 43.4 Å². The predicted molar refractivity (Wildman–Crippen MR) is 127 cm³/mol. The highest BCUT2D eigenvalue weighted by molar-refractivity contribution is 6.30. The van der Waals surface area contributed by atoms with Crippen molar-refractivity contribution in [1.82, 2.24) is 0 Å². The first-order chi connectivity index (χ1) is 14.4. The van der Waals surface area contributed by atoms with Gasteiger partial charge in [-0.2, -0.15) is 0 Å². The molecule has 0 aliphatic heterocycles. The van der Waals surface area contributed by atoms with Crippen molar-refractivity contribution in [2.75, 3.05) is 0 Å². The number of unbranched alkanes of at least 4 members (excludes halogenated alkanes) is 2. The summed E-state index contributed by atoms with van der Waals surface area (Å²) in [6, 6.07) is 16.2. The van der Waals surface area contributed by atoms with Crippen molar-refractivity contribution in [1.29, 1.82) is 0 Å². The van der Waals surface area contributed by atoms with Gasteiger partial charge in [-0.25, -0.2) is 0 Å². The largest absolute Gasteiger partial charge is 0.411 e. The standard InChI is InChI=1S/C26H36O3Si/c1-5-7-14-23(15-8-6-2)30-29-26(3,4)25(28)22-18-16-21(17-19-22)24(27)20-12-10-9-11-13-20/h9-13,16-19,23H,5-8,14-15,30H2,1-4H3. The fourth-order valence-electron chi connectivity index (χ4n) is 3.57. The van der Waals surface area contributed by atoms with Gasteiger partial charge in [0.15, 0.2) is 21.3 Å². The second-order valence-corrected chi connectivity index (χ2v) is 10.4. The molecule has 0 aliphatic rings. The Bertz CT molecular complexity index is 789. The highest BCUT2D eigenvalue weighted by Crippen LogP contribution is 2.25. The van der Waals surface area contributed by atoms with Gasteiger partial charge in [0.2, 0.25) is 0 Å². The van der Waals surface area contributed by atoms with Crippen LogP contribution in [0.1, 0.15) is 92.5 Å². The van der Waals surface area contributed by atoms with E-state index in [4.69, 9.17) is 4.43 Å². The van der Waals surface area contributed by atoms with E-state index in [1.165, 1.54) is 38.5 Å². The van der Waals surface area contributed by atoms with E-state index >= 15 is 0 Å². The van der Waals surface area contributed by atoms with E-state index in [0.29, 0.717) is 22.2 Å². The molecule has 0 amide bonds. The lowest BCUT2D eigenvalue weighted by Crippen LogP contribution is -2.37. The molecule has 2 aromatic rings. The third-order valence-electron chi connectivity index (χ3n) is 5.60. The molecular weight excluding hydrogens is 388 g/mol. The van der Waals surface area contributed by atoms with Gasteiger partial charge in [0.25, 0.3) is 0 Å². The molecule has 4 heteroatoms. The van der Waals surface area contributed by atoms with Crippen molar-refractivity contribution in [2.24, 2.45) is 0 Å². The van der Waals surface area contributed by atoms with Crippen LogP contribution in [0.2, 0.25) is 5.54 Å². The minimum Gasteiger partial charge on any atom is -0.411 e. The number of hydrogen-bond donors (Lipinski definition) is 0. The van der Waals surface area contributed by atoms with Crippen molar-refractivity contribution in [3.8, 4) is 0 Å². The Morgan fingerprint density at radius 1 is 0.833 bits per heavy atom. The number of ketones is 2. The maximum atomic E-state index is 13.1. The summed E-state index contributed by atoms with van der Waals surface area (Å²) in [5.41, 5.74) is 1.65. The Hall–Kier alpha value is -2.04. The molecule has 0 saturated heterocycles. The molecule has 0 bridgehead atoms. The lowest BCUT2D eigenvalue weighted by molar-refractivity contribution is 0.0588. The van der Waals surface area contributed by atoms with Crippen LogP contribution in [0.15, 0.2) is 54.6 Å². The van der Waals surface area contributed by atoms with Crippen molar-refractivity contribution in [3.63, 3.8) is 0 Å². The molecule has 2 rings (SSSR count). The second kappa shape index (κ2) is 12.0. The summed E-state index contributed by atoms with van der Waals surface area (Å²) >= 11 is 0. The van der Waals surface area contributed by atoms with Gasteiger partial charge >= 0.3 is 0 Å². The molecule has 0 aromatic heterocycles. The van der Waals surface area contributed by atoms with Crippen LogP contribution in [0.25, 0.3) is 0 Å². The maximum Gasteiger partial charge on any atom is 0.193 e. The molecule has 0 saturated carbocycles. The molecule has 0 fully saturated rings. The smallest absolute Gasteiger partial charge is 0.193 e. The van der Waals surface area contributed by atoms with Gasteiger partial charge < -0.3 is 4.43 Å². The first-order valence-corrected chi connectivity index (χ1v) is 12.7. The molecule has 3 nitrogen and oxygen atoms in total. The summed E-state index contributed by atoms with van der Waals surface area (Å²) in [4.78, 5) is 25.6. The first-order valence-electron chi connectivity index (χ1n) is 11.3. The lowest BCUT2D eigenvalue weighted by atomic mass is 9.95. The minimum atomic E-state index is -0.826. The van der Waals surface area contributed by atoms with E-state index in [1.807, 2.05) is 32.0 Å². The van der Waals surface area contributed by atoms with Crippen LogP contribution in [0.3, 0.4) is 0 Å². The van der Waals surface area contributed by atoms with Gasteiger partial charge in [-0.1, -0.05) is 107 Å². The van der Waals surface area contributed by atoms with Crippen LogP contribution in [0.5, 0.6) is 0 Å². The third kappa shape index (κ3) is 7.03. The fraction of sp³-hybridized carbons (Fsp3) is 0.462. The van der Waals surface area contributed by atoms with Crippen molar-refractivity contribution in [2.45, 2.75) is 77.4 Å². The monoisotopic (exact) mass is 424 g/mol. The number of carbonyl (C=O) groups excluding carboxylic acids is 2. The quantitative estimate of drug-likeness (QED) is 0.286. The molecule has 0 spiro atoms. The predicted octanol–water partition coefficient (Wildman–Crippen LogP) is 6.15. The average Bonchev–Trinajstić information content (AvgIpc) is 2.78. The van der Waals surface area contributed by atoms with E-state index in [-0.39, 0.29) is 11.6 Å². The van der Waals surface area contributed by atoms with Gasteiger partial charge in [-0.3, -0.25) is 9.59 Å². The fourth-order valence-corrected chi connectivity index (χ4v) is 5.26. The van der Waals surface area contributed by atoms with Crippen molar-refractivity contribution >= 4 is 21.3 Å². The van der Waals surface area contributed by atoms with Crippen LogP contribution >= 0.6 is 0 Å². The number of rotatable bonds is 13. The Kier molecular flexibility index (Phi) is 9.67. The number of hydrogen-bond acceptors (Lipinski definition) is 3. The zero-order chi connectivity index (χ0) is 22.0. The number of carbonyl (C=O) groups is 2.